The molecule has 0 aliphatic heterocycles. The topological polar surface area (TPSA) is 75.1 Å². The summed E-state index contributed by atoms with van der Waals surface area (Å²) in [5.41, 5.74) is 1.07. The Morgan fingerprint density at radius 2 is 2.15 bits per heavy atom. The van der Waals surface area contributed by atoms with E-state index in [9.17, 15) is 4.79 Å². The second-order valence-electron chi connectivity index (χ2n) is 3.87. The summed E-state index contributed by atoms with van der Waals surface area (Å²) in [5, 5.41) is 11.4. The van der Waals surface area contributed by atoms with Crippen LogP contribution in [0.4, 0.5) is 5.82 Å². The molecule has 0 bridgehead atoms. The van der Waals surface area contributed by atoms with Crippen molar-refractivity contribution >= 4 is 11.7 Å². The van der Waals surface area contributed by atoms with Crippen LogP contribution in [-0.2, 0) is 0 Å². The fourth-order valence-electron chi connectivity index (χ4n) is 1.55. The molecule has 1 aromatic heterocycles. The Morgan fingerprint density at radius 3 is 2.90 bits per heavy atom. The van der Waals surface area contributed by atoms with E-state index in [4.69, 9.17) is 5.11 Å². The molecule has 20 heavy (non-hydrogen) atoms. The van der Waals surface area contributed by atoms with Gasteiger partial charge in [-0.1, -0.05) is 24.0 Å². The van der Waals surface area contributed by atoms with E-state index in [0.717, 1.165) is 0 Å². The fourth-order valence-corrected chi connectivity index (χ4v) is 1.55. The van der Waals surface area contributed by atoms with E-state index in [0.29, 0.717) is 23.4 Å². The molecular weight excluding hydrogens is 254 g/mol. The van der Waals surface area contributed by atoms with Crippen molar-refractivity contribution in [2.24, 2.45) is 0 Å². The number of nitrogens with one attached hydrogen (secondary N) is 1. The zero-order valence-electron chi connectivity index (χ0n) is 10.7. The first-order chi connectivity index (χ1) is 9.81. The Hall–Kier alpha value is -2.71. The first-order valence-electron chi connectivity index (χ1n) is 6.07. The van der Waals surface area contributed by atoms with Crippen molar-refractivity contribution in [3.05, 3.63) is 54.0 Å². The molecular formula is C15H13N3O2. The number of benzene rings is 1. The second-order valence-corrected chi connectivity index (χ2v) is 3.87. The molecule has 5 heteroatoms. The summed E-state index contributed by atoms with van der Waals surface area (Å²) in [4.78, 5) is 20.0. The molecule has 1 heterocycles. The molecule has 1 aromatic carbocycles. The fraction of sp³-hybridized carbons (Fsp3) is 0.133. The largest absolute Gasteiger partial charge is 0.395 e. The normalized spacial score (nSPS) is 9.45. The number of aliphatic hydroxyl groups is 1. The van der Waals surface area contributed by atoms with Crippen LogP contribution >= 0.6 is 0 Å². The Balaban J connectivity index is 2.20. The van der Waals surface area contributed by atoms with Gasteiger partial charge in [0, 0.05) is 24.4 Å². The van der Waals surface area contributed by atoms with E-state index in [2.05, 4.69) is 27.1 Å². The summed E-state index contributed by atoms with van der Waals surface area (Å²) < 4.78 is 0. The summed E-state index contributed by atoms with van der Waals surface area (Å²) >= 11 is 0. The molecule has 0 atom stereocenters. The average Bonchev–Trinajstić information content (AvgIpc) is 2.49. The number of hydrogen-bond acceptors (Lipinski definition) is 4. The summed E-state index contributed by atoms with van der Waals surface area (Å²) in [6.45, 7) is 0.000960. The smallest absolute Gasteiger partial charge is 0.258 e. The van der Waals surface area contributed by atoms with E-state index in [1.807, 2.05) is 6.07 Å². The monoisotopic (exact) mass is 267 g/mol. The highest BCUT2D eigenvalue weighted by atomic mass is 16.2. The Kier molecular flexibility index (Phi) is 4.81. The van der Waals surface area contributed by atoms with Gasteiger partial charge in [-0.15, -0.1) is 0 Å². The minimum absolute atomic E-state index is 0.000960. The lowest BCUT2D eigenvalue weighted by Crippen LogP contribution is -2.14. The number of carbonyl (C=O) groups is 1. The maximum Gasteiger partial charge on any atom is 0.258 e. The quantitative estimate of drug-likeness (QED) is 0.826. The molecule has 2 rings (SSSR count). The van der Waals surface area contributed by atoms with Crippen molar-refractivity contribution in [2.45, 2.75) is 6.42 Å². The maximum absolute atomic E-state index is 12.2. The van der Waals surface area contributed by atoms with E-state index in [1.54, 1.807) is 18.2 Å². The predicted molar refractivity (Wildman–Crippen MR) is 75.0 cm³/mol. The molecule has 0 spiro atoms. The molecule has 1 amide bonds. The summed E-state index contributed by atoms with van der Waals surface area (Å²) in [5.74, 6) is 5.77. The molecule has 2 aromatic rings. The highest BCUT2D eigenvalue weighted by Crippen LogP contribution is 2.10. The van der Waals surface area contributed by atoms with Crippen molar-refractivity contribution in [1.82, 2.24) is 9.97 Å². The third-order valence-corrected chi connectivity index (χ3v) is 2.44. The van der Waals surface area contributed by atoms with Crippen LogP contribution in [0.2, 0.25) is 0 Å². The van der Waals surface area contributed by atoms with Crippen LogP contribution in [0, 0.1) is 11.8 Å². The summed E-state index contributed by atoms with van der Waals surface area (Å²) in [6, 6.07) is 7.02. The van der Waals surface area contributed by atoms with Gasteiger partial charge in [0.25, 0.3) is 5.91 Å². The molecule has 0 saturated carbocycles. The third kappa shape index (κ3) is 3.64. The number of aliphatic hydroxyl groups excluding tert-OH is 1. The minimum atomic E-state index is -0.292. The highest BCUT2D eigenvalue weighted by molar-refractivity contribution is 6.05. The van der Waals surface area contributed by atoms with Crippen molar-refractivity contribution in [3.8, 4) is 11.8 Å². The number of rotatable bonds is 3. The molecule has 0 radical (unpaired) electrons. The molecule has 0 aliphatic rings. The lowest BCUT2D eigenvalue weighted by atomic mass is 10.1. The van der Waals surface area contributed by atoms with Gasteiger partial charge in [-0.2, -0.15) is 0 Å². The van der Waals surface area contributed by atoms with Crippen LogP contribution in [0.25, 0.3) is 0 Å². The van der Waals surface area contributed by atoms with Crippen molar-refractivity contribution in [1.29, 1.82) is 0 Å². The average molecular weight is 267 g/mol. The number of anilines is 1. The highest BCUT2D eigenvalue weighted by Gasteiger charge is 2.10. The lowest BCUT2D eigenvalue weighted by Gasteiger charge is -2.05. The maximum atomic E-state index is 12.2. The van der Waals surface area contributed by atoms with Crippen molar-refractivity contribution in [2.75, 3.05) is 11.9 Å². The van der Waals surface area contributed by atoms with Crippen LogP contribution < -0.4 is 5.32 Å². The number of amides is 1. The van der Waals surface area contributed by atoms with Crippen LogP contribution in [0.3, 0.4) is 0 Å². The van der Waals surface area contributed by atoms with Crippen LogP contribution in [-0.4, -0.2) is 27.6 Å². The van der Waals surface area contributed by atoms with Crippen LogP contribution in [0.5, 0.6) is 0 Å². The van der Waals surface area contributed by atoms with E-state index in [1.165, 1.54) is 18.6 Å². The lowest BCUT2D eigenvalue weighted by molar-refractivity contribution is 0.102. The minimum Gasteiger partial charge on any atom is -0.395 e. The Labute approximate surface area is 116 Å². The molecule has 0 aliphatic carbocycles. The van der Waals surface area contributed by atoms with Gasteiger partial charge in [0.2, 0.25) is 0 Å². The van der Waals surface area contributed by atoms with Gasteiger partial charge in [-0.3, -0.25) is 9.78 Å². The van der Waals surface area contributed by atoms with Crippen molar-refractivity contribution in [3.63, 3.8) is 0 Å². The third-order valence-electron chi connectivity index (χ3n) is 2.44. The Bertz CT molecular complexity index is 645. The van der Waals surface area contributed by atoms with Gasteiger partial charge >= 0.3 is 0 Å². The van der Waals surface area contributed by atoms with Gasteiger partial charge in [-0.05, 0) is 12.1 Å². The standard InChI is InChI=1S/C15H13N3O2/c19-10-4-3-6-12-5-1-2-7-13(12)15(20)18-14-11-16-8-9-17-14/h1-2,5,7-9,11,19H,4,10H2,(H,17,18,20). The SMILES string of the molecule is O=C(Nc1cnccn1)c1ccccc1C#CCCO. The van der Waals surface area contributed by atoms with Crippen LogP contribution in [0.1, 0.15) is 22.3 Å². The molecule has 0 unspecified atom stereocenters. The summed E-state index contributed by atoms with van der Waals surface area (Å²) in [7, 11) is 0. The van der Waals surface area contributed by atoms with E-state index < -0.39 is 0 Å². The molecule has 5 nitrogen and oxygen atoms in total. The number of hydrogen-bond donors (Lipinski definition) is 2. The predicted octanol–water partition coefficient (Wildman–Crippen LogP) is 1.46. The zero-order chi connectivity index (χ0) is 14.2. The van der Waals surface area contributed by atoms with Gasteiger partial charge < -0.3 is 10.4 Å². The molecule has 0 fully saturated rings. The van der Waals surface area contributed by atoms with Gasteiger partial charge in [-0.25, -0.2) is 4.98 Å². The van der Waals surface area contributed by atoms with Gasteiger partial charge in [0.15, 0.2) is 5.82 Å². The number of nitrogens with zero attached hydrogens (tertiary/aromatic N) is 2. The van der Waals surface area contributed by atoms with E-state index >= 15 is 0 Å². The second kappa shape index (κ2) is 7.02. The summed E-state index contributed by atoms with van der Waals surface area (Å²) in [6.07, 6.45) is 4.88. The first-order valence-corrected chi connectivity index (χ1v) is 6.07. The molecule has 0 saturated heterocycles. The van der Waals surface area contributed by atoms with Gasteiger partial charge in [0.1, 0.15) is 0 Å². The Morgan fingerprint density at radius 1 is 1.30 bits per heavy atom. The van der Waals surface area contributed by atoms with Gasteiger partial charge in [0.05, 0.1) is 18.4 Å². The first kappa shape index (κ1) is 13.7. The zero-order valence-corrected chi connectivity index (χ0v) is 10.7. The number of aromatic nitrogens is 2. The van der Waals surface area contributed by atoms with E-state index in [-0.39, 0.29) is 12.5 Å². The molecule has 100 valence electrons. The molecule has 2 N–H and O–H groups in total. The number of carbonyl (C=O) groups excluding carboxylic acids is 1. The van der Waals surface area contributed by atoms with Crippen molar-refractivity contribution < 1.29 is 9.90 Å². The van der Waals surface area contributed by atoms with Crippen LogP contribution in [0.15, 0.2) is 42.9 Å².